The van der Waals surface area contributed by atoms with Crippen molar-refractivity contribution in [1.29, 1.82) is 0 Å². The molecule has 110 valence electrons. The van der Waals surface area contributed by atoms with Gasteiger partial charge in [-0.2, -0.15) is 0 Å². The SMILES string of the molecule is COc1ccccc1CC(Cc1ccc(I)cc1)C(=O)O. The average Bonchev–Trinajstić information content (AvgIpc) is 2.49. The molecule has 1 atom stereocenters. The van der Waals surface area contributed by atoms with E-state index in [9.17, 15) is 9.90 Å². The third-order valence-electron chi connectivity index (χ3n) is 3.40. The van der Waals surface area contributed by atoms with Gasteiger partial charge in [0.25, 0.3) is 0 Å². The lowest BCUT2D eigenvalue weighted by atomic mass is 9.92. The standard InChI is InChI=1S/C17H17IO3/c1-21-16-5-3-2-4-13(16)11-14(17(19)20)10-12-6-8-15(18)9-7-12/h2-9,14H,10-11H2,1H3,(H,19,20). The Morgan fingerprint density at radius 1 is 1.14 bits per heavy atom. The third kappa shape index (κ3) is 4.46. The molecule has 2 aromatic carbocycles. The Bertz CT molecular complexity index is 608. The van der Waals surface area contributed by atoms with Crippen LogP contribution in [0.4, 0.5) is 0 Å². The lowest BCUT2D eigenvalue weighted by molar-refractivity contribution is -0.141. The molecule has 3 nitrogen and oxygen atoms in total. The van der Waals surface area contributed by atoms with Crippen LogP contribution in [-0.2, 0) is 17.6 Å². The van der Waals surface area contributed by atoms with E-state index in [4.69, 9.17) is 4.74 Å². The molecule has 0 saturated carbocycles. The lowest BCUT2D eigenvalue weighted by Gasteiger charge is -2.15. The van der Waals surface area contributed by atoms with E-state index < -0.39 is 11.9 Å². The normalized spacial score (nSPS) is 11.9. The highest BCUT2D eigenvalue weighted by Gasteiger charge is 2.20. The van der Waals surface area contributed by atoms with Crippen LogP contribution >= 0.6 is 22.6 Å². The average molecular weight is 396 g/mol. The molecular weight excluding hydrogens is 379 g/mol. The van der Waals surface area contributed by atoms with Gasteiger partial charge in [-0.15, -0.1) is 0 Å². The summed E-state index contributed by atoms with van der Waals surface area (Å²) in [5.74, 6) is -0.493. The van der Waals surface area contributed by atoms with Crippen molar-refractivity contribution >= 4 is 28.6 Å². The topological polar surface area (TPSA) is 46.5 Å². The van der Waals surface area contributed by atoms with Gasteiger partial charge in [0.05, 0.1) is 13.0 Å². The van der Waals surface area contributed by atoms with Gasteiger partial charge in [-0.1, -0.05) is 30.3 Å². The number of ether oxygens (including phenoxy) is 1. The maximum Gasteiger partial charge on any atom is 0.307 e. The minimum atomic E-state index is -0.778. The largest absolute Gasteiger partial charge is 0.496 e. The Morgan fingerprint density at radius 2 is 1.81 bits per heavy atom. The van der Waals surface area contributed by atoms with Gasteiger partial charge in [0.1, 0.15) is 5.75 Å². The fourth-order valence-corrected chi connectivity index (χ4v) is 2.65. The number of rotatable bonds is 6. The number of carboxylic acids is 1. The molecular formula is C17H17IO3. The number of halogens is 1. The van der Waals surface area contributed by atoms with Crippen LogP contribution in [0.1, 0.15) is 11.1 Å². The monoisotopic (exact) mass is 396 g/mol. The van der Waals surface area contributed by atoms with Crippen LogP contribution in [0.3, 0.4) is 0 Å². The number of methoxy groups -OCH3 is 1. The van der Waals surface area contributed by atoms with Crippen molar-refractivity contribution in [3.63, 3.8) is 0 Å². The van der Waals surface area contributed by atoms with Gasteiger partial charge < -0.3 is 9.84 Å². The fraction of sp³-hybridized carbons (Fsp3) is 0.235. The second kappa shape index (κ2) is 7.45. The summed E-state index contributed by atoms with van der Waals surface area (Å²) >= 11 is 2.24. The summed E-state index contributed by atoms with van der Waals surface area (Å²) in [4.78, 5) is 11.5. The molecule has 0 amide bonds. The Balaban J connectivity index is 2.16. The zero-order valence-corrected chi connectivity index (χ0v) is 13.9. The molecule has 0 fully saturated rings. The van der Waals surface area contributed by atoms with Crippen molar-refractivity contribution in [2.24, 2.45) is 5.92 Å². The van der Waals surface area contributed by atoms with Crippen molar-refractivity contribution in [1.82, 2.24) is 0 Å². The molecule has 1 N–H and O–H groups in total. The lowest BCUT2D eigenvalue weighted by Crippen LogP contribution is -2.19. The van der Waals surface area contributed by atoms with Crippen LogP contribution in [0, 0.1) is 9.49 Å². The minimum Gasteiger partial charge on any atom is -0.496 e. The number of hydrogen-bond donors (Lipinski definition) is 1. The minimum absolute atomic E-state index is 0.457. The molecule has 0 spiro atoms. The predicted octanol–water partition coefficient (Wildman–Crippen LogP) is 3.79. The molecule has 2 rings (SSSR count). The molecule has 0 radical (unpaired) electrons. The summed E-state index contributed by atoms with van der Waals surface area (Å²) in [5, 5.41) is 9.47. The molecule has 21 heavy (non-hydrogen) atoms. The van der Waals surface area contributed by atoms with E-state index in [0.717, 1.165) is 20.4 Å². The zero-order chi connectivity index (χ0) is 15.2. The quantitative estimate of drug-likeness (QED) is 0.756. The van der Waals surface area contributed by atoms with Crippen molar-refractivity contribution in [2.45, 2.75) is 12.8 Å². The molecule has 0 aromatic heterocycles. The van der Waals surface area contributed by atoms with Gasteiger partial charge >= 0.3 is 5.97 Å². The zero-order valence-electron chi connectivity index (χ0n) is 11.8. The van der Waals surface area contributed by atoms with Gasteiger partial charge in [-0.05, 0) is 64.8 Å². The maximum absolute atomic E-state index is 11.5. The highest BCUT2D eigenvalue weighted by atomic mass is 127. The summed E-state index contributed by atoms with van der Waals surface area (Å²) < 4.78 is 6.44. The molecule has 2 aromatic rings. The molecule has 0 aliphatic rings. The number of benzene rings is 2. The van der Waals surface area contributed by atoms with E-state index in [-0.39, 0.29) is 0 Å². The Hall–Kier alpha value is -1.56. The van der Waals surface area contributed by atoms with Gasteiger partial charge in [0.2, 0.25) is 0 Å². The number of carbonyl (C=O) groups is 1. The number of aliphatic carboxylic acids is 1. The van der Waals surface area contributed by atoms with Crippen molar-refractivity contribution in [2.75, 3.05) is 7.11 Å². The van der Waals surface area contributed by atoms with E-state index in [0.29, 0.717) is 12.8 Å². The van der Waals surface area contributed by atoms with Crippen LogP contribution in [-0.4, -0.2) is 18.2 Å². The van der Waals surface area contributed by atoms with Crippen molar-refractivity contribution in [3.05, 3.63) is 63.2 Å². The van der Waals surface area contributed by atoms with Gasteiger partial charge in [0.15, 0.2) is 0 Å². The first-order valence-corrected chi connectivity index (χ1v) is 7.77. The highest BCUT2D eigenvalue weighted by molar-refractivity contribution is 14.1. The van der Waals surface area contributed by atoms with E-state index >= 15 is 0 Å². The van der Waals surface area contributed by atoms with Crippen LogP contribution in [0.5, 0.6) is 5.75 Å². The molecule has 0 heterocycles. The van der Waals surface area contributed by atoms with E-state index in [2.05, 4.69) is 22.6 Å². The molecule has 0 bridgehead atoms. The van der Waals surface area contributed by atoms with E-state index in [1.54, 1.807) is 7.11 Å². The Kier molecular flexibility index (Phi) is 5.61. The molecule has 0 aliphatic carbocycles. The van der Waals surface area contributed by atoms with Crippen LogP contribution in [0.25, 0.3) is 0 Å². The van der Waals surface area contributed by atoms with Crippen molar-refractivity contribution < 1.29 is 14.6 Å². The number of carboxylic acid groups (broad SMARTS) is 1. The van der Waals surface area contributed by atoms with E-state index in [1.165, 1.54) is 0 Å². The van der Waals surface area contributed by atoms with Crippen molar-refractivity contribution in [3.8, 4) is 5.75 Å². The van der Waals surface area contributed by atoms with Gasteiger partial charge in [-0.25, -0.2) is 0 Å². The molecule has 4 heteroatoms. The van der Waals surface area contributed by atoms with Crippen LogP contribution in [0.15, 0.2) is 48.5 Å². The second-order valence-corrected chi connectivity index (χ2v) is 6.13. The summed E-state index contributed by atoms with van der Waals surface area (Å²) in [6.07, 6.45) is 0.982. The van der Waals surface area contributed by atoms with Gasteiger partial charge in [0, 0.05) is 3.57 Å². The third-order valence-corrected chi connectivity index (χ3v) is 4.12. The van der Waals surface area contributed by atoms with Crippen LogP contribution < -0.4 is 4.74 Å². The highest BCUT2D eigenvalue weighted by Crippen LogP contribution is 2.23. The molecule has 0 saturated heterocycles. The number of para-hydroxylation sites is 1. The second-order valence-electron chi connectivity index (χ2n) is 4.88. The maximum atomic E-state index is 11.5. The first-order chi connectivity index (χ1) is 10.1. The van der Waals surface area contributed by atoms with E-state index in [1.807, 2.05) is 48.5 Å². The predicted molar refractivity (Wildman–Crippen MR) is 90.7 cm³/mol. The van der Waals surface area contributed by atoms with Gasteiger partial charge in [-0.3, -0.25) is 4.79 Å². The smallest absolute Gasteiger partial charge is 0.307 e. The Labute approximate surface area is 138 Å². The summed E-state index contributed by atoms with van der Waals surface area (Å²) in [6, 6.07) is 15.5. The molecule has 1 unspecified atom stereocenters. The summed E-state index contributed by atoms with van der Waals surface area (Å²) in [6.45, 7) is 0. The summed E-state index contributed by atoms with van der Waals surface area (Å²) in [7, 11) is 1.60. The number of hydrogen-bond acceptors (Lipinski definition) is 2. The first kappa shape index (κ1) is 15.8. The Morgan fingerprint density at radius 3 is 2.43 bits per heavy atom. The molecule has 0 aliphatic heterocycles. The first-order valence-electron chi connectivity index (χ1n) is 6.69. The summed E-state index contributed by atoms with van der Waals surface area (Å²) in [5.41, 5.74) is 1.97. The fourth-order valence-electron chi connectivity index (χ4n) is 2.29. The van der Waals surface area contributed by atoms with Crippen LogP contribution in [0.2, 0.25) is 0 Å².